The quantitative estimate of drug-likeness (QED) is 0.828. The van der Waals surface area contributed by atoms with E-state index in [1.807, 2.05) is 45.9 Å². The van der Waals surface area contributed by atoms with Gasteiger partial charge in [-0.05, 0) is 45.4 Å². The number of carbonyl (C=O) groups is 1. The van der Waals surface area contributed by atoms with Gasteiger partial charge in [-0.3, -0.25) is 0 Å². The Hall–Kier alpha value is -1.23. The van der Waals surface area contributed by atoms with E-state index in [4.69, 9.17) is 4.74 Å². The molecule has 1 aromatic carbocycles. The van der Waals surface area contributed by atoms with Gasteiger partial charge in [-0.15, -0.1) is 0 Å². The number of hydrogen-bond donors (Lipinski definition) is 2. The lowest BCUT2D eigenvalue weighted by Crippen LogP contribution is -2.34. The van der Waals surface area contributed by atoms with Crippen molar-refractivity contribution in [3.63, 3.8) is 0 Å². The van der Waals surface area contributed by atoms with Crippen molar-refractivity contribution in [1.82, 2.24) is 5.32 Å². The van der Waals surface area contributed by atoms with Crippen LogP contribution in [0.25, 0.3) is 0 Å². The van der Waals surface area contributed by atoms with E-state index in [2.05, 4.69) is 26.6 Å². The number of benzene rings is 1. The van der Waals surface area contributed by atoms with Crippen molar-refractivity contribution in [2.75, 3.05) is 18.4 Å². The second-order valence-corrected chi connectivity index (χ2v) is 6.17. The Balaban J connectivity index is 2.27. The molecule has 0 radical (unpaired) electrons. The van der Waals surface area contributed by atoms with Gasteiger partial charge in [0.15, 0.2) is 0 Å². The Morgan fingerprint density at radius 1 is 1.32 bits per heavy atom. The second-order valence-electron chi connectivity index (χ2n) is 5.32. The van der Waals surface area contributed by atoms with Crippen molar-refractivity contribution in [1.29, 1.82) is 0 Å². The summed E-state index contributed by atoms with van der Waals surface area (Å²) in [4.78, 5) is 11.4. The van der Waals surface area contributed by atoms with Crippen molar-refractivity contribution in [3.05, 3.63) is 28.2 Å². The maximum Gasteiger partial charge on any atom is 0.407 e. The molecule has 0 aliphatic heterocycles. The fourth-order valence-corrected chi connectivity index (χ4v) is 1.77. The molecule has 0 saturated heterocycles. The number of aryl methyl sites for hydroxylation is 1. The largest absolute Gasteiger partial charge is 0.444 e. The second kappa shape index (κ2) is 6.80. The minimum Gasteiger partial charge on any atom is -0.444 e. The van der Waals surface area contributed by atoms with E-state index in [1.54, 1.807) is 0 Å². The predicted octanol–water partition coefficient (Wildman–Crippen LogP) is 3.69. The zero-order valence-electron chi connectivity index (χ0n) is 11.8. The van der Waals surface area contributed by atoms with Crippen LogP contribution >= 0.6 is 15.9 Å². The average Bonchev–Trinajstić information content (AvgIpc) is 2.27. The monoisotopic (exact) mass is 328 g/mol. The normalized spacial score (nSPS) is 11.0. The summed E-state index contributed by atoms with van der Waals surface area (Å²) in [5, 5.41) is 5.93. The number of halogens is 1. The molecule has 1 rings (SSSR count). The van der Waals surface area contributed by atoms with Gasteiger partial charge in [-0.25, -0.2) is 4.79 Å². The number of amides is 1. The van der Waals surface area contributed by atoms with Gasteiger partial charge in [0.05, 0.1) is 0 Å². The molecule has 0 bridgehead atoms. The van der Waals surface area contributed by atoms with E-state index in [1.165, 1.54) is 5.56 Å². The van der Waals surface area contributed by atoms with E-state index in [9.17, 15) is 4.79 Å². The standard InChI is InChI=1S/C14H21BrN2O2/c1-10-5-6-11(9-12(10)15)16-7-8-17-13(18)19-14(2,3)4/h5-6,9,16H,7-8H2,1-4H3,(H,17,18). The van der Waals surface area contributed by atoms with E-state index in [-0.39, 0.29) is 6.09 Å². The first kappa shape index (κ1) is 15.8. The topological polar surface area (TPSA) is 50.4 Å². The van der Waals surface area contributed by atoms with Crippen molar-refractivity contribution in [2.24, 2.45) is 0 Å². The third-order valence-corrected chi connectivity index (χ3v) is 3.15. The van der Waals surface area contributed by atoms with Gasteiger partial charge in [0.25, 0.3) is 0 Å². The van der Waals surface area contributed by atoms with Crippen LogP contribution in [0.4, 0.5) is 10.5 Å². The lowest BCUT2D eigenvalue weighted by Gasteiger charge is -2.19. The average molecular weight is 329 g/mol. The van der Waals surface area contributed by atoms with Gasteiger partial charge < -0.3 is 15.4 Å². The molecule has 106 valence electrons. The van der Waals surface area contributed by atoms with Crippen LogP contribution < -0.4 is 10.6 Å². The van der Waals surface area contributed by atoms with Crippen LogP contribution in [0.5, 0.6) is 0 Å². The molecule has 0 fully saturated rings. The summed E-state index contributed by atoms with van der Waals surface area (Å²) in [5.41, 5.74) is 1.75. The van der Waals surface area contributed by atoms with Gasteiger partial charge >= 0.3 is 6.09 Å². The van der Waals surface area contributed by atoms with E-state index >= 15 is 0 Å². The summed E-state index contributed by atoms with van der Waals surface area (Å²) in [5.74, 6) is 0. The molecule has 2 N–H and O–H groups in total. The third-order valence-electron chi connectivity index (χ3n) is 2.29. The highest BCUT2D eigenvalue weighted by Crippen LogP contribution is 2.20. The van der Waals surface area contributed by atoms with E-state index in [0.717, 1.165) is 10.2 Å². The molecule has 4 nitrogen and oxygen atoms in total. The number of hydrogen-bond acceptors (Lipinski definition) is 3. The molecule has 0 spiro atoms. The Kier molecular flexibility index (Phi) is 5.66. The lowest BCUT2D eigenvalue weighted by atomic mass is 10.2. The van der Waals surface area contributed by atoms with Gasteiger partial charge in [0.2, 0.25) is 0 Å². The van der Waals surface area contributed by atoms with E-state index in [0.29, 0.717) is 13.1 Å². The molecule has 1 aromatic rings. The van der Waals surface area contributed by atoms with Gasteiger partial charge in [0.1, 0.15) is 5.60 Å². The lowest BCUT2D eigenvalue weighted by molar-refractivity contribution is 0.0530. The SMILES string of the molecule is Cc1ccc(NCCNC(=O)OC(C)(C)C)cc1Br. The number of rotatable bonds is 4. The number of alkyl carbamates (subject to hydrolysis) is 1. The minimum atomic E-state index is -0.459. The van der Waals surface area contributed by atoms with Gasteiger partial charge in [0, 0.05) is 23.2 Å². The smallest absolute Gasteiger partial charge is 0.407 e. The summed E-state index contributed by atoms with van der Waals surface area (Å²) in [6.45, 7) is 8.73. The first-order valence-electron chi connectivity index (χ1n) is 6.25. The molecule has 0 aromatic heterocycles. The highest BCUT2D eigenvalue weighted by atomic mass is 79.9. The van der Waals surface area contributed by atoms with Crippen molar-refractivity contribution < 1.29 is 9.53 Å². The molecular formula is C14H21BrN2O2. The van der Waals surface area contributed by atoms with Crippen LogP contribution in [0.2, 0.25) is 0 Å². The molecule has 1 amide bonds. The van der Waals surface area contributed by atoms with Crippen molar-refractivity contribution >= 4 is 27.7 Å². The summed E-state index contributed by atoms with van der Waals surface area (Å²) in [7, 11) is 0. The van der Waals surface area contributed by atoms with Crippen LogP contribution in [-0.4, -0.2) is 24.8 Å². The van der Waals surface area contributed by atoms with Crippen LogP contribution in [0.1, 0.15) is 26.3 Å². The molecule has 0 aliphatic rings. The van der Waals surface area contributed by atoms with Crippen LogP contribution in [0.15, 0.2) is 22.7 Å². The predicted molar refractivity (Wildman–Crippen MR) is 81.6 cm³/mol. The molecule has 0 aliphatic carbocycles. The van der Waals surface area contributed by atoms with E-state index < -0.39 is 5.60 Å². The van der Waals surface area contributed by atoms with Crippen LogP contribution in [0.3, 0.4) is 0 Å². The Morgan fingerprint density at radius 2 is 2.00 bits per heavy atom. The summed E-state index contributed by atoms with van der Waals surface area (Å²) in [6, 6.07) is 6.06. The van der Waals surface area contributed by atoms with Crippen molar-refractivity contribution in [3.8, 4) is 0 Å². The number of carbonyl (C=O) groups excluding carboxylic acids is 1. The highest BCUT2D eigenvalue weighted by molar-refractivity contribution is 9.10. The molecule has 5 heteroatoms. The zero-order chi connectivity index (χ0) is 14.5. The molecule has 0 atom stereocenters. The Bertz CT molecular complexity index is 442. The Morgan fingerprint density at radius 3 is 2.58 bits per heavy atom. The maximum absolute atomic E-state index is 11.4. The molecule has 0 unspecified atom stereocenters. The summed E-state index contributed by atoms with van der Waals surface area (Å²) in [6.07, 6.45) is -0.389. The third kappa shape index (κ3) is 6.47. The first-order chi connectivity index (χ1) is 8.78. The Labute approximate surface area is 123 Å². The highest BCUT2D eigenvalue weighted by Gasteiger charge is 2.15. The molecular weight excluding hydrogens is 308 g/mol. The van der Waals surface area contributed by atoms with Gasteiger partial charge in [-0.1, -0.05) is 22.0 Å². The van der Waals surface area contributed by atoms with Gasteiger partial charge in [-0.2, -0.15) is 0 Å². The number of anilines is 1. The number of ether oxygens (including phenoxy) is 1. The zero-order valence-corrected chi connectivity index (χ0v) is 13.4. The maximum atomic E-state index is 11.4. The van der Waals surface area contributed by atoms with Crippen LogP contribution in [0, 0.1) is 6.92 Å². The minimum absolute atomic E-state index is 0.389. The molecule has 0 saturated carbocycles. The summed E-state index contributed by atoms with van der Waals surface area (Å²) >= 11 is 3.48. The fraction of sp³-hybridized carbons (Fsp3) is 0.500. The first-order valence-corrected chi connectivity index (χ1v) is 7.04. The van der Waals surface area contributed by atoms with Crippen LogP contribution in [-0.2, 0) is 4.74 Å². The molecule has 0 heterocycles. The van der Waals surface area contributed by atoms with Crippen molar-refractivity contribution in [2.45, 2.75) is 33.3 Å². The molecule has 19 heavy (non-hydrogen) atoms. The fourth-order valence-electron chi connectivity index (χ4n) is 1.39. The summed E-state index contributed by atoms with van der Waals surface area (Å²) < 4.78 is 6.21. The number of nitrogens with one attached hydrogen (secondary N) is 2.